The third-order valence-corrected chi connectivity index (χ3v) is 4.55. The summed E-state index contributed by atoms with van der Waals surface area (Å²) in [6.07, 6.45) is 0. The average Bonchev–Trinajstić information content (AvgIpc) is 2.64. The van der Waals surface area contributed by atoms with Crippen molar-refractivity contribution < 1.29 is 4.74 Å². The molecule has 0 aliphatic carbocycles. The molecule has 0 saturated carbocycles. The van der Waals surface area contributed by atoms with Crippen LogP contribution in [0.25, 0.3) is 11.1 Å². The highest BCUT2D eigenvalue weighted by Crippen LogP contribution is 2.22. The van der Waals surface area contributed by atoms with Gasteiger partial charge in [-0.15, -0.1) is 0 Å². The Kier molecular flexibility index (Phi) is 5.67. The van der Waals surface area contributed by atoms with Gasteiger partial charge in [-0.1, -0.05) is 49.4 Å². The van der Waals surface area contributed by atoms with Crippen LogP contribution in [0, 0.1) is 0 Å². The summed E-state index contributed by atoms with van der Waals surface area (Å²) in [5.74, 6) is 0.955. The Hall–Kier alpha value is -1.84. The molecule has 23 heavy (non-hydrogen) atoms. The summed E-state index contributed by atoms with van der Waals surface area (Å²) in [6, 6.07) is 18.8. The molecule has 1 aliphatic rings. The highest BCUT2D eigenvalue weighted by Gasteiger charge is 2.14. The Morgan fingerprint density at radius 2 is 1.39 bits per heavy atom. The number of benzene rings is 2. The maximum atomic E-state index is 5.90. The van der Waals surface area contributed by atoms with Crippen LogP contribution in [0.4, 0.5) is 0 Å². The van der Waals surface area contributed by atoms with Crippen LogP contribution in [0.3, 0.4) is 0 Å². The van der Waals surface area contributed by atoms with E-state index in [4.69, 9.17) is 4.74 Å². The van der Waals surface area contributed by atoms with Gasteiger partial charge in [0.2, 0.25) is 0 Å². The Balaban J connectivity index is 1.44. The standard InChI is InChI=1S/C20H26N2O/c1-2-21-12-14-22(15-13-21)16-17-23-20-10-8-19(9-11-20)18-6-4-3-5-7-18/h3-11H,2,12-17H2,1H3. The maximum Gasteiger partial charge on any atom is 0.119 e. The molecule has 0 unspecified atom stereocenters. The number of ether oxygens (including phenoxy) is 1. The lowest BCUT2D eigenvalue weighted by Crippen LogP contribution is -2.47. The number of likely N-dealkylation sites (N-methyl/N-ethyl adjacent to an activating group) is 1. The van der Waals surface area contributed by atoms with Gasteiger partial charge in [0, 0.05) is 32.7 Å². The van der Waals surface area contributed by atoms with E-state index in [-0.39, 0.29) is 0 Å². The minimum absolute atomic E-state index is 0.761. The number of hydrogen-bond donors (Lipinski definition) is 0. The molecular formula is C20H26N2O. The summed E-state index contributed by atoms with van der Waals surface area (Å²) in [5, 5.41) is 0. The van der Waals surface area contributed by atoms with Crippen molar-refractivity contribution in [2.75, 3.05) is 45.9 Å². The van der Waals surface area contributed by atoms with Gasteiger partial charge in [0.15, 0.2) is 0 Å². The second-order valence-electron chi connectivity index (χ2n) is 6.01. The molecular weight excluding hydrogens is 284 g/mol. The van der Waals surface area contributed by atoms with Crippen molar-refractivity contribution in [1.82, 2.24) is 9.80 Å². The summed E-state index contributed by atoms with van der Waals surface area (Å²) in [4.78, 5) is 4.99. The molecule has 1 fully saturated rings. The van der Waals surface area contributed by atoms with Crippen LogP contribution in [-0.4, -0.2) is 55.7 Å². The summed E-state index contributed by atoms with van der Waals surface area (Å²) in [7, 11) is 0. The highest BCUT2D eigenvalue weighted by molar-refractivity contribution is 5.63. The van der Waals surface area contributed by atoms with Crippen molar-refractivity contribution in [3.05, 3.63) is 54.6 Å². The number of nitrogens with zero attached hydrogens (tertiary/aromatic N) is 2. The largest absolute Gasteiger partial charge is 0.492 e. The molecule has 122 valence electrons. The lowest BCUT2D eigenvalue weighted by molar-refractivity contribution is 0.121. The minimum atomic E-state index is 0.761. The van der Waals surface area contributed by atoms with Gasteiger partial charge >= 0.3 is 0 Å². The molecule has 0 aromatic heterocycles. The normalized spacial score (nSPS) is 16.4. The van der Waals surface area contributed by atoms with E-state index < -0.39 is 0 Å². The Morgan fingerprint density at radius 3 is 2.04 bits per heavy atom. The summed E-state index contributed by atoms with van der Waals surface area (Å²) < 4.78 is 5.90. The predicted octanol–water partition coefficient (Wildman–Crippen LogP) is 3.37. The van der Waals surface area contributed by atoms with Crippen molar-refractivity contribution in [3.8, 4) is 16.9 Å². The van der Waals surface area contributed by atoms with Gasteiger partial charge in [-0.05, 0) is 29.8 Å². The molecule has 0 atom stereocenters. The van der Waals surface area contributed by atoms with Crippen LogP contribution in [0.2, 0.25) is 0 Å². The first-order valence-corrected chi connectivity index (χ1v) is 8.58. The predicted molar refractivity (Wildman–Crippen MR) is 95.9 cm³/mol. The van der Waals surface area contributed by atoms with E-state index in [0.717, 1.165) is 38.5 Å². The zero-order chi connectivity index (χ0) is 15.9. The molecule has 0 radical (unpaired) electrons. The molecule has 0 spiro atoms. The van der Waals surface area contributed by atoms with E-state index in [1.807, 2.05) is 6.07 Å². The molecule has 2 aromatic rings. The fourth-order valence-corrected chi connectivity index (χ4v) is 3.00. The van der Waals surface area contributed by atoms with Crippen molar-refractivity contribution >= 4 is 0 Å². The Labute approximate surface area is 139 Å². The van der Waals surface area contributed by atoms with E-state index in [0.29, 0.717) is 0 Å². The fourth-order valence-electron chi connectivity index (χ4n) is 3.00. The van der Waals surface area contributed by atoms with E-state index in [9.17, 15) is 0 Å². The zero-order valence-corrected chi connectivity index (χ0v) is 13.9. The second-order valence-corrected chi connectivity index (χ2v) is 6.01. The topological polar surface area (TPSA) is 15.7 Å². The third-order valence-electron chi connectivity index (χ3n) is 4.55. The molecule has 3 nitrogen and oxygen atoms in total. The van der Waals surface area contributed by atoms with Crippen LogP contribution in [-0.2, 0) is 0 Å². The maximum absolute atomic E-state index is 5.90. The van der Waals surface area contributed by atoms with Gasteiger partial charge in [-0.25, -0.2) is 0 Å². The molecule has 0 N–H and O–H groups in total. The molecule has 2 aromatic carbocycles. The Morgan fingerprint density at radius 1 is 0.783 bits per heavy atom. The van der Waals surface area contributed by atoms with Crippen molar-refractivity contribution in [2.45, 2.75) is 6.92 Å². The monoisotopic (exact) mass is 310 g/mol. The van der Waals surface area contributed by atoms with E-state index in [1.165, 1.54) is 24.2 Å². The van der Waals surface area contributed by atoms with Gasteiger partial charge in [0.25, 0.3) is 0 Å². The highest BCUT2D eigenvalue weighted by atomic mass is 16.5. The molecule has 1 aliphatic heterocycles. The number of piperazine rings is 1. The van der Waals surface area contributed by atoms with E-state index >= 15 is 0 Å². The lowest BCUT2D eigenvalue weighted by atomic mass is 10.1. The number of rotatable bonds is 6. The lowest BCUT2D eigenvalue weighted by Gasteiger charge is -2.33. The van der Waals surface area contributed by atoms with Crippen LogP contribution in [0.15, 0.2) is 54.6 Å². The Bertz CT molecular complexity index is 574. The quantitative estimate of drug-likeness (QED) is 0.813. The smallest absolute Gasteiger partial charge is 0.119 e. The van der Waals surface area contributed by atoms with Crippen LogP contribution in [0.5, 0.6) is 5.75 Å². The van der Waals surface area contributed by atoms with E-state index in [2.05, 4.69) is 65.3 Å². The molecule has 1 heterocycles. The first kappa shape index (κ1) is 16.0. The summed E-state index contributed by atoms with van der Waals surface area (Å²) >= 11 is 0. The molecule has 3 rings (SSSR count). The van der Waals surface area contributed by atoms with Crippen LogP contribution < -0.4 is 4.74 Å². The molecule has 3 heteroatoms. The first-order chi connectivity index (χ1) is 11.3. The SMILES string of the molecule is CCN1CCN(CCOc2ccc(-c3ccccc3)cc2)CC1. The van der Waals surface area contributed by atoms with Gasteiger partial charge in [-0.3, -0.25) is 4.90 Å². The van der Waals surface area contributed by atoms with Gasteiger partial charge in [-0.2, -0.15) is 0 Å². The third kappa shape index (κ3) is 4.57. The van der Waals surface area contributed by atoms with E-state index in [1.54, 1.807) is 0 Å². The molecule has 0 bridgehead atoms. The summed E-state index contributed by atoms with van der Waals surface area (Å²) in [5.41, 5.74) is 2.47. The number of hydrogen-bond acceptors (Lipinski definition) is 3. The zero-order valence-electron chi connectivity index (χ0n) is 13.9. The van der Waals surface area contributed by atoms with Crippen LogP contribution >= 0.6 is 0 Å². The van der Waals surface area contributed by atoms with Crippen molar-refractivity contribution in [2.24, 2.45) is 0 Å². The molecule has 0 amide bonds. The molecule has 1 saturated heterocycles. The van der Waals surface area contributed by atoms with Gasteiger partial charge in [0.1, 0.15) is 12.4 Å². The fraction of sp³-hybridized carbons (Fsp3) is 0.400. The second kappa shape index (κ2) is 8.14. The average molecular weight is 310 g/mol. The van der Waals surface area contributed by atoms with Gasteiger partial charge < -0.3 is 9.64 Å². The first-order valence-electron chi connectivity index (χ1n) is 8.58. The summed E-state index contributed by atoms with van der Waals surface area (Å²) in [6.45, 7) is 9.85. The van der Waals surface area contributed by atoms with Gasteiger partial charge in [0.05, 0.1) is 0 Å². The van der Waals surface area contributed by atoms with Crippen molar-refractivity contribution in [1.29, 1.82) is 0 Å². The van der Waals surface area contributed by atoms with Crippen LogP contribution in [0.1, 0.15) is 6.92 Å². The van der Waals surface area contributed by atoms with Crippen molar-refractivity contribution in [3.63, 3.8) is 0 Å². The minimum Gasteiger partial charge on any atom is -0.492 e.